The quantitative estimate of drug-likeness (QED) is 0.856. The number of amides is 1. The van der Waals surface area contributed by atoms with Gasteiger partial charge in [0.15, 0.2) is 0 Å². The van der Waals surface area contributed by atoms with Gasteiger partial charge in [0, 0.05) is 17.5 Å². The molecule has 1 saturated carbocycles. The van der Waals surface area contributed by atoms with Gasteiger partial charge in [0.05, 0.1) is 6.42 Å². The molecule has 1 aliphatic heterocycles. The molecule has 0 atom stereocenters. The van der Waals surface area contributed by atoms with Gasteiger partial charge in [0.25, 0.3) is 0 Å². The zero-order chi connectivity index (χ0) is 12.8. The van der Waals surface area contributed by atoms with Gasteiger partial charge in [-0.05, 0) is 30.4 Å². The fourth-order valence-electron chi connectivity index (χ4n) is 2.83. The van der Waals surface area contributed by atoms with Crippen LogP contribution in [0, 0.1) is 0 Å². The average Bonchev–Trinajstić information content (AvgIpc) is 3.08. The molecule has 4 heteroatoms. The van der Waals surface area contributed by atoms with Crippen molar-refractivity contribution in [3.63, 3.8) is 0 Å². The van der Waals surface area contributed by atoms with Crippen molar-refractivity contribution in [3.05, 3.63) is 29.3 Å². The molecule has 1 aromatic carbocycles. The lowest BCUT2D eigenvalue weighted by molar-refractivity contribution is -0.137. The van der Waals surface area contributed by atoms with E-state index in [0.717, 1.165) is 36.1 Å². The van der Waals surface area contributed by atoms with Crippen molar-refractivity contribution in [2.24, 2.45) is 0 Å². The van der Waals surface area contributed by atoms with Crippen molar-refractivity contribution in [3.8, 4) is 0 Å². The van der Waals surface area contributed by atoms with E-state index in [-0.39, 0.29) is 17.7 Å². The lowest BCUT2D eigenvalue weighted by Crippen LogP contribution is -2.23. The first kappa shape index (κ1) is 11.3. The molecular weight excluding hydrogens is 230 g/mol. The molecule has 2 aliphatic rings. The number of anilines is 1. The molecule has 1 fully saturated rings. The zero-order valence-corrected chi connectivity index (χ0v) is 10.0. The molecule has 0 spiro atoms. The van der Waals surface area contributed by atoms with E-state index in [1.165, 1.54) is 0 Å². The standard InChI is InChI=1S/C14H15NO3/c16-11-5-4-9-2-1-3-10(13(9)15-11)14(6-7-14)8-12(17)18/h1-3H,4-8H2,(H,15,16)(H,17,18). The SMILES string of the molecule is O=C(O)CC1(c2cccc3c2NC(=O)CC3)CC1. The van der Waals surface area contributed by atoms with E-state index in [2.05, 4.69) is 5.32 Å². The third kappa shape index (κ3) is 1.78. The highest BCUT2D eigenvalue weighted by Crippen LogP contribution is 2.54. The van der Waals surface area contributed by atoms with E-state index in [1.54, 1.807) is 0 Å². The molecule has 3 rings (SSSR count). The van der Waals surface area contributed by atoms with Crippen LogP contribution in [0.15, 0.2) is 18.2 Å². The van der Waals surface area contributed by atoms with Gasteiger partial charge in [-0.15, -0.1) is 0 Å². The summed E-state index contributed by atoms with van der Waals surface area (Å²) in [5, 5.41) is 11.9. The van der Waals surface area contributed by atoms with Gasteiger partial charge in [-0.2, -0.15) is 0 Å². The number of para-hydroxylation sites is 1. The molecule has 0 unspecified atom stereocenters. The van der Waals surface area contributed by atoms with Crippen LogP contribution in [0.25, 0.3) is 0 Å². The molecular formula is C14H15NO3. The normalized spacial score (nSPS) is 19.9. The van der Waals surface area contributed by atoms with Gasteiger partial charge in [-0.1, -0.05) is 18.2 Å². The fourth-order valence-corrected chi connectivity index (χ4v) is 2.83. The summed E-state index contributed by atoms with van der Waals surface area (Å²) in [4.78, 5) is 22.5. The van der Waals surface area contributed by atoms with Crippen molar-refractivity contribution in [1.29, 1.82) is 0 Å². The van der Waals surface area contributed by atoms with Crippen LogP contribution in [-0.2, 0) is 21.4 Å². The van der Waals surface area contributed by atoms with Crippen molar-refractivity contribution in [2.75, 3.05) is 5.32 Å². The van der Waals surface area contributed by atoms with E-state index >= 15 is 0 Å². The second-order valence-electron chi connectivity index (χ2n) is 5.24. The summed E-state index contributed by atoms with van der Waals surface area (Å²) in [6.45, 7) is 0. The molecule has 0 saturated heterocycles. The zero-order valence-electron chi connectivity index (χ0n) is 10.0. The van der Waals surface area contributed by atoms with Gasteiger partial charge in [-0.3, -0.25) is 9.59 Å². The van der Waals surface area contributed by atoms with E-state index in [0.29, 0.717) is 6.42 Å². The Hall–Kier alpha value is -1.84. The van der Waals surface area contributed by atoms with Crippen LogP contribution in [0.2, 0.25) is 0 Å². The van der Waals surface area contributed by atoms with Crippen LogP contribution >= 0.6 is 0 Å². The highest BCUT2D eigenvalue weighted by molar-refractivity contribution is 5.95. The maximum absolute atomic E-state index is 11.5. The van der Waals surface area contributed by atoms with Gasteiger partial charge >= 0.3 is 5.97 Å². The lowest BCUT2D eigenvalue weighted by atomic mass is 9.87. The summed E-state index contributed by atoms with van der Waals surface area (Å²) in [7, 11) is 0. The Morgan fingerprint density at radius 2 is 2.11 bits per heavy atom. The average molecular weight is 245 g/mol. The molecule has 1 aliphatic carbocycles. The number of hydrogen-bond acceptors (Lipinski definition) is 2. The predicted octanol–water partition coefficient (Wildman–Crippen LogP) is 2.08. The van der Waals surface area contributed by atoms with Gasteiger partial charge < -0.3 is 10.4 Å². The number of carbonyl (C=O) groups is 2. The fraction of sp³-hybridized carbons (Fsp3) is 0.429. The molecule has 2 N–H and O–H groups in total. The Kier molecular flexibility index (Phi) is 2.40. The summed E-state index contributed by atoms with van der Waals surface area (Å²) in [5.41, 5.74) is 2.76. The Morgan fingerprint density at radius 1 is 1.33 bits per heavy atom. The van der Waals surface area contributed by atoms with Gasteiger partial charge in [0.1, 0.15) is 0 Å². The summed E-state index contributed by atoms with van der Waals surface area (Å²) in [6, 6.07) is 5.93. The number of carboxylic acids is 1. The number of benzene rings is 1. The highest BCUT2D eigenvalue weighted by Gasteiger charge is 2.47. The number of aryl methyl sites for hydroxylation is 1. The second kappa shape index (κ2) is 3.83. The lowest BCUT2D eigenvalue weighted by Gasteiger charge is -2.24. The number of hydrogen-bond donors (Lipinski definition) is 2. The Bertz CT molecular complexity index is 532. The molecule has 1 heterocycles. The van der Waals surface area contributed by atoms with E-state index < -0.39 is 5.97 Å². The van der Waals surface area contributed by atoms with Crippen LogP contribution in [-0.4, -0.2) is 17.0 Å². The molecule has 4 nitrogen and oxygen atoms in total. The maximum atomic E-state index is 11.5. The number of nitrogens with one attached hydrogen (secondary N) is 1. The number of aliphatic carboxylic acids is 1. The van der Waals surface area contributed by atoms with Crippen molar-refractivity contribution >= 4 is 17.6 Å². The molecule has 1 amide bonds. The van der Waals surface area contributed by atoms with Crippen molar-refractivity contribution in [1.82, 2.24) is 0 Å². The van der Waals surface area contributed by atoms with Crippen LogP contribution in [0.3, 0.4) is 0 Å². The minimum Gasteiger partial charge on any atom is -0.481 e. The van der Waals surface area contributed by atoms with E-state index in [9.17, 15) is 9.59 Å². The molecule has 0 bridgehead atoms. The third-order valence-electron chi connectivity index (χ3n) is 3.95. The van der Waals surface area contributed by atoms with Crippen LogP contribution in [0.1, 0.15) is 36.8 Å². The maximum Gasteiger partial charge on any atom is 0.304 e. The third-order valence-corrected chi connectivity index (χ3v) is 3.95. The number of rotatable bonds is 3. The predicted molar refractivity (Wildman–Crippen MR) is 66.6 cm³/mol. The molecule has 1 aromatic rings. The topological polar surface area (TPSA) is 66.4 Å². The molecule has 18 heavy (non-hydrogen) atoms. The van der Waals surface area contributed by atoms with Crippen molar-refractivity contribution in [2.45, 2.75) is 37.5 Å². The largest absolute Gasteiger partial charge is 0.481 e. The van der Waals surface area contributed by atoms with E-state index in [4.69, 9.17) is 5.11 Å². The Labute approximate surface area is 105 Å². The molecule has 0 radical (unpaired) electrons. The first-order chi connectivity index (χ1) is 8.61. The van der Waals surface area contributed by atoms with Crippen molar-refractivity contribution < 1.29 is 14.7 Å². The first-order valence-electron chi connectivity index (χ1n) is 6.25. The smallest absolute Gasteiger partial charge is 0.304 e. The molecule has 0 aromatic heterocycles. The van der Waals surface area contributed by atoms with Crippen LogP contribution in [0.4, 0.5) is 5.69 Å². The summed E-state index contributed by atoms with van der Waals surface area (Å²) in [6.07, 6.45) is 3.21. The van der Waals surface area contributed by atoms with Gasteiger partial charge in [-0.25, -0.2) is 0 Å². The molecule has 94 valence electrons. The van der Waals surface area contributed by atoms with E-state index in [1.807, 2.05) is 18.2 Å². The summed E-state index contributed by atoms with van der Waals surface area (Å²) in [5.74, 6) is -0.742. The highest BCUT2D eigenvalue weighted by atomic mass is 16.4. The first-order valence-corrected chi connectivity index (χ1v) is 6.25. The van der Waals surface area contributed by atoms with Gasteiger partial charge in [0.2, 0.25) is 5.91 Å². The number of fused-ring (bicyclic) bond motifs is 1. The minimum absolute atomic E-state index is 0.0288. The van der Waals surface area contributed by atoms with Crippen LogP contribution in [0.5, 0.6) is 0 Å². The Balaban J connectivity index is 2.03. The number of carbonyl (C=O) groups excluding carboxylic acids is 1. The second-order valence-corrected chi connectivity index (χ2v) is 5.24. The monoisotopic (exact) mass is 245 g/mol. The van der Waals surface area contributed by atoms with Crippen LogP contribution < -0.4 is 5.32 Å². The Morgan fingerprint density at radius 3 is 2.78 bits per heavy atom. The summed E-state index contributed by atoms with van der Waals surface area (Å²) < 4.78 is 0. The number of carboxylic acid groups (broad SMARTS) is 1. The minimum atomic E-state index is -0.771. The summed E-state index contributed by atoms with van der Waals surface area (Å²) >= 11 is 0.